The second-order valence-corrected chi connectivity index (χ2v) is 5.88. The summed E-state index contributed by atoms with van der Waals surface area (Å²) in [6, 6.07) is 9.05. The fourth-order valence-electron chi connectivity index (χ4n) is 1.79. The Morgan fingerprint density at radius 1 is 1.22 bits per heavy atom. The largest absolute Gasteiger partial charge is 0.341 e. The van der Waals surface area contributed by atoms with Crippen molar-refractivity contribution in [2.24, 2.45) is 11.1 Å². The zero-order chi connectivity index (χ0) is 13.9. The lowest BCUT2D eigenvalue weighted by Crippen LogP contribution is -2.46. The van der Waals surface area contributed by atoms with Gasteiger partial charge in [0.2, 0.25) is 5.91 Å². The summed E-state index contributed by atoms with van der Waals surface area (Å²) in [7, 11) is 1.82. The van der Waals surface area contributed by atoms with Gasteiger partial charge < -0.3 is 10.6 Å². The van der Waals surface area contributed by atoms with Crippen LogP contribution in [-0.4, -0.2) is 23.9 Å². The van der Waals surface area contributed by atoms with E-state index < -0.39 is 6.04 Å². The molecule has 1 aromatic rings. The molecule has 1 aromatic carbocycles. The molecule has 0 bridgehead atoms. The Labute approximate surface area is 110 Å². The minimum Gasteiger partial charge on any atom is -0.341 e. The van der Waals surface area contributed by atoms with E-state index in [4.69, 9.17) is 5.73 Å². The van der Waals surface area contributed by atoms with E-state index in [1.807, 2.05) is 37.4 Å². The molecule has 0 radical (unpaired) electrons. The Bertz CT molecular complexity index is 395. The lowest BCUT2D eigenvalue weighted by Gasteiger charge is -2.36. The average molecular weight is 248 g/mol. The highest BCUT2D eigenvalue weighted by molar-refractivity contribution is 5.83. The summed E-state index contributed by atoms with van der Waals surface area (Å²) in [4.78, 5) is 14.1. The van der Waals surface area contributed by atoms with Gasteiger partial charge in [-0.3, -0.25) is 4.79 Å². The molecule has 0 spiro atoms. The minimum atomic E-state index is -0.582. The van der Waals surface area contributed by atoms with E-state index in [0.29, 0.717) is 0 Å². The molecule has 18 heavy (non-hydrogen) atoms. The molecule has 2 N–H and O–H groups in total. The van der Waals surface area contributed by atoms with Crippen molar-refractivity contribution in [1.82, 2.24) is 4.90 Å². The third-order valence-electron chi connectivity index (χ3n) is 3.61. The smallest absolute Gasteiger partial charge is 0.244 e. The van der Waals surface area contributed by atoms with E-state index in [9.17, 15) is 4.79 Å². The number of nitrogens with zero attached hydrogens (tertiary/aromatic N) is 1. The number of carbonyl (C=O) groups excluding carboxylic acids is 1. The molecule has 100 valence electrons. The van der Waals surface area contributed by atoms with Crippen LogP contribution in [0.4, 0.5) is 0 Å². The van der Waals surface area contributed by atoms with Gasteiger partial charge in [0.1, 0.15) is 6.04 Å². The van der Waals surface area contributed by atoms with Crippen molar-refractivity contribution in [3.8, 4) is 0 Å². The van der Waals surface area contributed by atoms with Crippen LogP contribution >= 0.6 is 0 Å². The Kier molecular flexibility index (Phi) is 4.52. The van der Waals surface area contributed by atoms with E-state index in [1.54, 1.807) is 4.90 Å². The van der Waals surface area contributed by atoms with E-state index in [2.05, 4.69) is 27.7 Å². The molecule has 3 heteroatoms. The quantitative estimate of drug-likeness (QED) is 0.893. The maximum Gasteiger partial charge on any atom is 0.244 e. The Balaban J connectivity index is 2.82. The third-order valence-corrected chi connectivity index (χ3v) is 3.61. The number of hydrogen-bond donors (Lipinski definition) is 1. The summed E-state index contributed by atoms with van der Waals surface area (Å²) in [5, 5.41) is 0. The molecule has 1 amide bonds. The fraction of sp³-hybridized carbons (Fsp3) is 0.533. The van der Waals surface area contributed by atoms with Crippen LogP contribution in [0.5, 0.6) is 0 Å². The van der Waals surface area contributed by atoms with Crippen LogP contribution in [0.1, 0.15) is 39.3 Å². The van der Waals surface area contributed by atoms with Gasteiger partial charge in [-0.2, -0.15) is 0 Å². The first kappa shape index (κ1) is 14.7. The maximum atomic E-state index is 12.3. The number of benzene rings is 1. The molecular formula is C15H24N2O. The van der Waals surface area contributed by atoms with Crippen LogP contribution < -0.4 is 5.73 Å². The topological polar surface area (TPSA) is 46.3 Å². The van der Waals surface area contributed by atoms with Gasteiger partial charge in [-0.15, -0.1) is 0 Å². The summed E-state index contributed by atoms with van der Waals surface area (Å²) in [5.74, 6) is -0.0383. The number of amides is 1. The van der Waals surface area contributed by atoms with E-state index in [1.165, 1.54) is 0 Å². The van der Waals surface area contributed by atoms with Crippen molar-refractivity contribution in [2.75, 3.05) is 7.05 Å². The van der Waals surface area contributed by atoms with Gasteiger partial charge in [0, 0.05) is 13.1 Å². The number of hydrogen-bond acceptors (Lipinski definition) is 2. The Morgan fingerprint density at radius 2 is 1.72 bits per heavy atom. The molecule has 0 heterocycles. The first-order chi connectivity index (χ1) is 8.25. The first-order valence-corrected chi connectivity index (χ1v) is 6.32. The highest BCUT2D eigenvalue weighted by atomic mass is 16.2. The van der Waals surface area contributed by atoms with E-state index in [0.717, 1.165) is 5.56 Å². The van der Waals surface area contributed by atoms with Gasteiger partial charge in [-0.1, -0.05) is 51.1 Å². The monoisotopic (exact) mass is 248 g/mol. The first-order valence-electron chi connectivity index (χ1n) is 6.32. The average Bonchev–Trinajstić information content (AvgIpc) is 2.35. The van der Waals surface area contributed by atoms with Crippen molar-refractivity contribution in [2.45, 2.75) is 39.8 Å². The molecule has 1 rings (SSSR count). The number of carbonyl (C=O) groups is 1. The van der Waals surface area contributed by atoms with Crippen LogP contribution in [0.25, 0.3) is 0 Å². The zero-order valence-corrected chi connectivity index (χ0v) is 12.0. The number of likely N-dealkylation sites (N-methyl/N-ethyl adjacent to an activating group) is 1. The van der Waals surface area contributed by atoms with Gasteiger partial charge in [0.05, 0.1) is 0 Å². The lowest BCUT2D eigenvalue weighted by atomic mass is 9.86. The molecule has 2 atom stereocenters. The van der Waals surface area contributed by atoms with E-state index in [-0.39, 0.29) is 17.4 Å². The highest BCUT2D eigenvalue weighted by Crippen LogP contribution is 2.25. The van der Waals surface area contributed by atoms with Gasteiger partial charge in [0.15, 0.2) is 0 Å². The summed E-state index contributed by atoms with van der Waals surface area (Å²) >= 11 is 0. The van der Waals surface area contributed by atoms with Gasteiger partial charge in [-0.25, -0.2) is 0 Å². The highest BCUT2D eigenvalue weighted by Gasteiger charge is 2.29. The fourth-order valence-corrected chi connectivity index (χ4v) is 1.79. The van der Waals surface area contributed by atoms with Crippen molar-refractivity contribution in [1.29, 1.82) is 0 Å². The zero-order valence-electron chi connectivity index (χ0n) is 12.0. The summed E-state index contributed by atoms with van der Waals surface area (Å²) in [5.41, 5.74) is 6.93. The molecule has 3 nitrogen and oxygen atoms in total. The Morgan fingerprint density at radius 3 is 2.17 bits per heavy atom. The second kappa shape index (κ2) is 5.53. The molecule has 0 aliphatic rings. The van der Waals surface area contributed by atoms with Gasteiger partial charge in [-0.05, 0) is 17.9 Å². The lowest BCUT2D eigenvalue weighted by molar-refractivity contribution is -0.135. The van der Waals surface area contributed by atoms with Crippen molar-refractivity contribution < 1.29 is 4.79 Å². The third kappa shape index (κ3) is 3.33. The van der Waals surface area contributed by atoms with Gasteiger partial charge >= 0.3 is 0 Å². The SMILES string of the molecule is CC(N(C)C(=O)[C@H](N)c1ccccc1)C(C)(C)C. The van der Waals surface area contributed by atoms with Gasteiger partial charge in [0.25, 0.3) is 0 Å². The minimum absolute atomic E-state index is 0.0383. The second-order valence-electron chi connectivity index (χ2n) is 5.88. The molecule has 0 aliphatic carbocycles. The van der Waals surface area contributed by atoms with Crippen molar-refractivity contribution in [3.63, 3.8) is 0 Å². The maximum absolute atomic E-state index is 12.3. The number of rotatable bonds is 3. The Hall–Kier alpha value is -1.35. The normalized spacial score (nSPS) is 15.0. The van der Waals surface area contributed by atoms with Crippen LogP contribution in [0.3, 0.4) is 0 Å². The molecule has 0 fully saturated rings. The molecule has 0 saturated carbocycles. The molecular weight excluding hydrogens is 224 g/mol. The molecule has 0 aliphatic heterocycles. The molecule has 0 saturated heterocycles. The number of nitrogens with two attached hydrogens (primary N) is 1. The van der Waals surface area contributed by atoms with Crippen LogP contribution in [-0.2, 0) is 4.79 Å². The van der Waals surface area contributed by atoms with Crippen LogP contribution in [0.2, 0.25) is 0 Å². The van der Waals surface area contributed by atoms with Crippen molar-refractivity contribution >= 4 is 5.91 Å². The predicted octanol–water partition coefficient (Wildman–Crippen LogP) is 2.58. The predicted molar refractivity (Wildman–Crippen MR) is 75.1 cm³/mol. The molecule has 0 aromatic heterocycles. The molecule has 1 unspecified atom stereocenters. The van der Waals surface area contributed by atoms with Crippen LogP contribution in [0.15, 0.2) is 30.3 Å². The summed E-state index contributed by atoms with van der Waals surface area (Å²) in [6.07, 6.45) is 0. The van der Waals surface area contributed by atoms with Crippen LogP contribution in [0, 0.1) is 5.41 Å². The summed E-state index contributed by atoms with van der Waals surface area (Å²) in [6.45, 7) is 8.41. The van der Waals surface area contributed by atoms with E-state index >= 15 is 0 Å². The summed E-state index contributed by atoms with van der Waals surface area (Å²) < 4.78 is 0. The van der Waals surface area contributed by atoms with Crippen molar-refractivity contribution in [3.05, 3.63) is 35.9 Å². The standard InChI is InChI=1S/C15H24N2O/c1-11(15(2,3)4)17(5)14(18)13(16)12-9-7-6-8-10-12/h6-11,13H,16H2,1-5H3/t11?,13-/m1/s1.